The van der Waals surface area contributed by atoms with Crippen molar-refractivity contribution in [2.45, 2.75) is 6.43 Å². The largest absolute Gasteiger partial charge is 0.269 e. The quantitative estimate of drug-likeness (QED) is 0.651. The molecule has 0 saturated heterocycles. The Bertz CT molecular complexity index is 218. The van der Waals surface area contributed by atoms with E-state index in [1.165, 1.54) is 6.08 Å². The molecule has 0 fully saturated rings. The van der Waals surface area contributed by atoms with E-state index in [1.54, 1.807) is 0 Å². The Balaban J connectivity index is 2.82. The van der Waals surface area contributed by atoms with Crippen LogP contribution >= 0.6 is 36.7 Å². The summed E-state index contributed by atoms with van der Waals surface area (Å²) >= 11 is 2.60. The van der Waals surface area contributed by atoms with Crippen LogP contribution in [0.25, 0.3) is 0 Å². The predicted octanol–water partition coefficient (Wildman–Crippen LogP) is 3.20. The zero-order chi connectivity index (χ0) is 7.56. The summed E-state index contributed by atoms with van der Waals surface area (Å²) in [5.41, 5.74) is 0. The van der Waals surface area contributed by atoms with Crippen molar-refractivity contribution in [3.05, 3.63) is 20.7 Å². The maximum absolute atomic E-state index is 12.0. The summed E-state index contributed by atoms with van der Waals surface area (Å²) in [5, 5.41) is 0. The number of halogens is 4. The second-order valence-electron chi connectivity index (χ2n) is 1.62. The first-order valence-corrected chi connectivity index (χ1v) is 5.64. The molecule has 0 aromatic heterocycles. The Morgan fingerprint density at radius 1 is 1.50 bits per heavy atom. The van der Waals surface area contributed by atoms with E-state index in [0.717, 1.165) is 4.48 Å². The molecule has 0 aromatic carbocycles. The van der Waals surface area contributed by atoms with Gasteiger partial charge in [0.2, 0.25) is 0 Å². The summed E-state index contributed by atoms with van der Waals surface area (Å²) in [6.45, 7) is 0. The molecular weight excluding hydrogens is 317 g/mol. The van der Waals surface area contributed by atoms with E-state index in [2.05, 4.69) is 15.9 Å². The molecule has 0 atom stereocenters. The molecule has 0 radical (unpaired) electrons. The van der Waals surface area contributed by atoms with Gasteiger partial charge in [0.05, 0.1) is 3.51 Å². The molecule has 0 spiro atoms. The number of alkyl halides is 2. The van der Waals surface area contributed by atoms with Crippen LogP contribution in [0.2, 0.25) is 0 Å². The fourth-order valence-electron chi connectivity index (χ4n) is 0.486. The molecule has 10 heavy (non-hydrogen) atoms. The average molecular weight is 321 g/mol. The number of allylic oxidation sites excluding steroid dienone is 3. The van der Waals surface area contributed by atoms with Crippen molar-refractivity contribution in [2.75, 3.05) is 0 Å². The van der Waals surface area contributed by atoms with Crippen molar-refractivity contribution in [3.63, 3.8) is 0 Å². The van der Waals surface area contributed by atoms with Crippen molar-refractivity contribution >= 4 is 40.2 Å². The molecule has 0 bridgehead atoms. The lowest BCUT2D eigenvalue weighted by Crippen LogP contribution is -2.04. The van der Waals surface area contributed by atoms with Gasteiger partial charge in [-0.3, -0.25) is 0 Å². The SMILES string of the molecule is FC(F)C1=IC=CC(Br)=C1. The van der Waals surface area contributed by atoms with Gasteiger partial charge >= 0.3 is 0 Å². The highest BCUT2D eigenvalue weighted by Gasteiger charge is 2.09. The second-order valence-corrected chi connectivity index (χ2v) is 5.12. The van der Waals surface area contributed by atoms with E-state index < -0.39 is 27.2 Å². The number of hydrogen-bond acceptors (Lipinski definition) is 0. The van der Waals surface area contributed by atoms with Gasteiger partial charge in [-0.2, -0.15) is 0 Å². The van der Waals surface area contributed by atoms with Crippen molar-refractivity contribution in [1.82, 2.24) is 0 Å². The third kappa shape index (κ3) is 2.23. The molecule has 1 aliphatic heterocycles. The Morgan fingerprint density at radius 2 is 2.20 bits per heavy atom. The van der Waals surface area contributed by atoms with Crippen molar-refractivity contribution in [3.8, 4) is 0 Å². The molecule has 1 rings (SSSR count). The summed E-state index contributed by atoms with van der Waals surface area (Å²) in [6.07, 6.45) is 1.06. The molecule has 56 valence electrons. The highest BCUT2D eigenvalue weighted by atomic mass is 127. The van der Waals surface area contributed by atoms with Gasteiger partial charge in [-0.15, -0.1) is 0 Å². The van der Waals surface area contributed by atoms with Gasteiger partial charge < -0.3 is 0 Å². The van der Waals surface area contributed by atoms with Crippen LogP contribution in [0.15, 0.2) is 20.7 Å². The minimum atomic E-state index is -2.27. The molecule has 1 aliphatic rings. The fourth-order valence-corrected chi connectivity index (χ4v) is 3.56. The van der Waals surface area contributed by atoms with E-state index in [4.69, 9.17) is 0 Å². The number of rotatable bonds is 1. The van der Waals surface area contributed by atoms with Crippen LogP contribution in [0.4, 0.5) is 8.78 Å². The Kier molecular flexibility index (Phi) is 3.16. The average Bonchev–Trinajstić information content (AvgIpc) is 1.88. The molecule has 0 aromatic rings. The Labute approximate surface area is 75.9 Å². The first kappa shape index (κ1) is 8.52. The zero-order valence-corrected chi connectivity index (χ0v) is 8.56. The normalized spacial score (nSPS) is 18.0. The van der Waals surface area contributed by atoms with Crippen LogP contribution < -0.4 is 0 Å². The highest BCUT2D eigenvalue weighted by Crippen LogP contribution is 2.21. The molecule has 0 aliphatic carbocycles. The highest BCUT2D eigenvalue weighted by molar-refractivity contribution is 14.2. The van der Waals surface area contributed by atoms with Gasteiger partial charge in [-0.25, -0.2) is 8.78 Å². The molecule has 0 amide bonds. The lowest BCUT2D eigenvalue weighted by Gasteiger charge is -2.01. The Hall–Kier alpha value is 0.420. The smallest absolute Gasteiger partial charge is 0.205 e. The lowest BCUT2D eigenvalue weighted by molar-refractivity contribution is 0.230. The monoisotopic (exact) mass is 320 g/mol. The van der Waals surface area contributed by atoms with Gasteiger partial charge in [-0.1, -0.05) is 36.7 Å². The van der Waals surface area contributed by atoms with Gasteiger partial charge in [0.1, 0.15) is 0 Å². The summed E-state index contributed by atoms with van der Waals surface area (Å²) in [6, 6.07) is 0. The minimum Gasteiger partial charge on any atom is -0.205 e. The van der Waals surface area contributed by atoms with Crippen LogP contribution in [-0.2, 0) is 0 Å². The van der Waals surface area contributed by atoms with E-state index in [1.807, 2.05) is 10.2 Å². The van der Waals surface area contributed by atoms with Gasteiger partial charge in [-0.05, 0) is 16.2 Å². The van der Waals surface area contributed by atoms with Crippen LogP contribution in [0.5, 0.6) is 0 Å². The molecule has 0 nitrogen and oxygen atoms in total. The van der Waals surface area contributed by atoms with E-state index >= 15 is 0 Å². The maximum atomic E-state index is 12.0. The second kappa shape index (κ2) is 3.71. The summed E-state index contributed by atoms with van der Waals surface area (Å²) in [7, 11) is 0. The number of hydrogen-bond donors (Lipinski definition) is 0. The summed E-state index contributed by atoms with van der Waals surface area (Å²) < 4.78 is 26.8. The van der Waals surface area contributed by atoms with Crippen LogP contribution in [0.3, 0.4) is 0 Å². The maximum Gasteiger partial charge on any atom is 0.269 e. The molecule has 0 N–H and O–H groups in total. The lowest BCUT2D eigenvalue weighted by atomic mass is 10.4. The summed E-state index contributed by atoms with van der Waals surface area (Å²) in [5.74, 6) is 0. The summed E-state index contributed by atoms with van der Waals surface area (Å²) in [4.78, 5) is 0. The minimum absolute atomic E-state index is 0.285. The van der Waals surface area contributed by atoms with Crippen molar-refractivity contribution < 1.29 is 8.78 Å². The third-order valence-electron chi connectivity index (χ3n) is 0.895. The van der Waals surface area contributed by atoms with Crippen molar-refractivity contribution in [1.29, 1.82) is 0 Å². The standard InChI is InChI=1S/C6H4BrF2I/c7-4-1-2-10-5(3-4)6(8)9/h1-3,6H. The third-order valence-corrected chi connectivity index (χ3v) is 3.61. The molecule has 0 saturated carbocycles. The fraction of sp³-hybridized carbons (Fsp3) is 0.167. The van der Waals surface area contributed by atoms with E-state index in [9.17, 15) is 8.78 Å². The molecule has 4 heteroatoms. The zero-order valence-electron chi connectivity index (χ0n) is 4.82. The topological polar surface area (TPSA) is 0 Å². The van der Waals surface area contributed by atoms with Crippen molar-refractivity contribution in [2.24, 2.45) is 0 Å². The van der Waals surface area contributed by atoms with Crippen LogP contribution in [0.1, 0.15) is 0 Å². The van der Waals surface area contributed by atoms with Crippen LogP contribution in [0, 0.1) is 0 Å². The molecular formula is C6H4BrF2I. The first-order chi connectivity index (χ1) is 4.70. The van der Waals surface area contributed by atoms with Gasteiger partial charge in [0.25, 0.3) is 6.43 Å². The van der Waals surface area contributed by atoms with E-state index in [-0.39, 0.29) is 3.51 Å². The van der Waals surface area contributed by atoms with Gasteiger partial charge in [0, 0.05) is 4.48 Å². The van der Waals surface area contributed by atoms with E-state index in [0.29, 0.717) is 0 Å². The predicted molar refractivity (Wildman–Crippen MR) is 51.2 cm³/mol. The first-order valence-electron chi connectivity index (χ1n) is 2.52. The van der Waals surface area contributed by atoms with Crippen LogP contribution in [-0.4, -0.2) is 9.93 Å². The van der Waals surface area contributed by atoms with Gasteiger partial charge in [0.15, 0.2) is 0 Å². The molecule has 0 unspecified atom stereocenters. The Morgan fingerprint density at radius 3 is 2.60 bits per heavy atom. The molecule has 1 heterocycles.